The average Bonchev–Trinajstić information content (AvgIpc) is 3.16. The molecule has 6 heteroatoms. The van der Waals surface area contributed by atoms with Crippen molar-refractivity contribution in [3.8, 4) is 0 Å². The van der Waals surface area contributed by atoms with Crippen LogP contribution in [-0.2, 0) is 11.3 Å². The Bertz CT molecular complexity index is 549. The maximum Gasteiger partial charge on any atom is 0.239 e. The molecule has 1 aromatic rings. The summed E-state index contributed by atoms with van der Waals surface area (Å²) < 4.78 is 2.02. The van der Waals surface area contributed by atoms with Crippen molar-refractivity contribution in [3.63, 3.8) is 0 Å². The van der Waals surface area contributed by atoms with Crippen LogP contribution in [0, 0.1) is 19.8 Å². The lowest BCUT2D eigenvalue weighted by Gasteiger charge is -2.37. The summed E-state index contributed by atoms with van der Waals surface area (Å²) in [6.45, 7) is 10.8. The quantitative estimate of drug-likeness (QED) is 0.846. The summed E-state index contributed by atoms with van der Waals surface area (Å²) in [6, 6.07) is 0.00878. The molecule has 0 saturated carbocycles. The molecular weight excluding hydrogens is 290 g/mol. The molecule has 2 fully saturated rings. The summed E-state index contributed by atoms with van der Waals surface area (Å²) in [5.41, 5.74) is 0. The second-order valence-corrected chi connectivity index (χ2v) is 7.10. The van der Waals surface area contributed by atoms with E-state index in [1.165, 1.54) is 6.42 Å². The number of carbonyl (C=O) groups is 1. The third-order valence-electron chi connectivity index (χ3n) is 5.27. The van der Waals surface area contributed by atoms with Crippen molar-refractivity contribution in [2.45, 2.75) is 59.0 Å². The molecule has 0 N–H and O–H groups in total. The number of aromatic nitrogens is 3. The van der Waals surface area contributed by atoms with Crippen LogP contribution >= 0.6 is 0 Å². The first-order chi connectivity index (χ1) is 11.0. The molecule has 6 nitrogen and oxygen atoms in total. The monoisotopic (exact) mass is 319 g/mol. The smallest absolute Gasteiger partial charge is 0.239 e. The molecule has 2 saturated heterocycles. The Morgan fingerprint density at radius 3 is 2.61 bits per heavy atom. The van der Waals surface area contributed by atoms with Gasteiger partial charge in [0, 0.05) is 26.2 Å². The summed E-state index contributed by atoms with van der Waals surface area (Å²) in [5, 5.41) is 4.48. The molecule has 3 rings (SSSR count). The van der Waals surface area contributed by atoms with E-state index < -0.39 is 0 Å². The molecule has 2 aliphatic heterocycles. The van der Waals surface area contributed by atoms with Crippen LogP contribution in [0.5, 0.6) is 0 Å². The third-order valence-corrected chi connectivity index (χ3v) is 5.27. The van der Waals surface area contributed by atoms with Gasteiger partial charge < -0.3 is 4.90 Å². The zero-order valence-corrected chi connectivity index (χ0v) is 14.7. The van der Waals surface area contributed by atoms with Crippen molar-refractivity contribution in [1.82, 2.24) is 24.6 Å². The Balaban J connectivity index is 1.59. The number of rotatable bonds is 4. The Hall–Kier alpha value is -1.43. The van der Waals surface area contributed by atoms with Gasteiger partial charge in [-0.2, -0.15) is 5.10 Å². The molecule has 0 aliphatic carbocycles. The minimum Gasteiger partial charge on any atom is -0.341 e. The largest absolute Gasteiger partial charge is 0.341 e. The van der Waals surface area contributed by atoms with Crippen LogP contribution in [0.1, 0.15) is 44.3 Å². The van der Waals surface area contributed by atoms with Crippen molar-refractivity contribution in [1.29, 1.82) is 0 Å². The lowest BCUT2D eigenvalue weighted by molar-refractivity contribution is -0.136. The standard InChI is InChI=1S/C17H29N5O/c1-13(17(23)20-8-4-5-9-20)21-10-6-7-16(11-21)12-22-15(3)18-14(2)19-22/h13,16H,4-12H2,1-3H3. The fourth-order valence-corrected chi connectivity index (χ4v) is 3.93. The maximum absolute atomic E-state index is 12.6. The van der Waals surface area contributed by atoms with E-state index in [9.17, 15) is 4.79 Å². The first kappa shape index (κ1) is 16.4. The highest BCUT2D eigenvalue weighted by atomic mass is 16.2. The van der Waals surface area contributed by atoms with Crippen molar-refractivity contribution >= 4 is 5.91 Å². The van der Waals surface area contributed by atoms with E-state index in [1.54, 1.807) is 0 Å². The second-order valence-electron chi connectivity index (χ2n) is 7.10. The van der Waals surface area contributed by atoms with Gasteiger partial charge in [-0.1, -0.05) is 0 Å². The number of aryl methyl sites for hydroxylation is 2. The fraction of sp³-hybridized carbons (Fsp3) is 0.824. The fourth-order valence-electron chi connectivity index (χ4n) is 3.93. The normalized spacial score (nSPS) is 24.1. The van der Waals surface area contributed by atoms with Gasteiger partial charge in [-0.25, -0.2) is 9.67 Å². The molecule has 2 unspecified atom stereocenters. The van der Waals surface area contributed by atoms with E-state index in [-0.39, 0.29) is 6.04 Å². The topological polar surface area (TPSA) is 54.3 Å². The highest BCUT2D eigenvalue weighted by Gasteiger charge is 2.31. The molecule has 128 valence electrons. The Morgan fingerprint density at radius 1 is 1.22 bits per heavy atom. The number of carbonyl (C=O) groups excluding carboxylic acids is 1. The van der Waals surface area contributed by atoms with Crippen LogP contribution in [0.4, 0.5) is 0 Å². The first-order valence-corrected chi connectivity index (χ1v) is 8.95. The van der Waals surface area contributed by atoms with Crippen LogP contribution in [0.2, 0.25) is 0 Å². The van der Waals surface area contributed by atoms with Crippen LogP contribution in [0.15, 0.2) is 0 Å². The van der Waals surface area contributed by atoms with Crippen LogP contribution < -0.4 is 0 Å². The van der Waals surface area contributed by atoms with E-state index in [1.807, 2.05) is 23.4 Å². The molecule has 0 spiro atoms. The predicted octanol–water partition coefficient (Wildman–Crippen LogP) is 1.62. The van der Waals surface area contributed by atoms with E-state index in [0.717, 1.165) is 63.6 Å². The second kappa shape index (κ2) is 6.99. The van der Waals surface area contributed by atoms with E-state index >= 15 is 0 Å². The van der Waals surface area contributed by atoms with Gasteiger partial charge in [-0.05, 0) is 58.9 Å². The van der Waals surface area contributed by atoms with Crippen LogP contribution in [0.3, 0.4) is 0 Å². The summed E-state index contributed by atoms with van der Waals surface area (Å²) in [6.07, 6.45) is 4.69. The first-order valence-electron chi connectivity index (χ1n) is 8.95. The van der Waals surface area contributed by atoms with E-state index in [0.29, 0.717) is 11.8 Å². The zero-order chi connectivity index (χ0) is 16.4. The minimum atomic E-state index is 0.00878. The Kier molecular flexibility index (Phi) is 4.99. The van der Waals surface area contributed by atoms with Gasteiger partial charge in [0.05, 0.1) is 6.04 Å². The zero-order valence-electron chi connectivity index (χ0n) is 14.7. The molecular formula is C17H29N5O. The molecule has 0 radical (unpaired) electrons. The molecule has 1 amide bonds. The van der Waals surface area contributed by atoms with Gasteiger partial charge in [-0.3, -0.25) is 9.69 Å². The van der Waals surface area contributed by atoms with Crippen LogP contribution in [0.25, 0.3) is 0 Å². The van der Waals surface area contributed by atoms with Crippen molar-refractivity contribution in [2.75, 3.05) is 26.2 Å². The van der Waals surface area contributed by atoms with E-state index in [2.05, 4.69) is 21.9 Å². The lowest BCUT2D eigenvalue weighted by Crippen LogP contribution is -2.50. The van der Waals surface area contributed by atoms with E-state index in [4.69, 9.17) is 0 Å². The molecule has 0 bridgehead atoms. The number of amides is 1. The van der Waals surface area contributed by atoms with Gasteiger partial charge in [-0.15, -0.1) is 0 Å². The molecule has 2 aliphatic rings. The molecule has 1 aromatic heterocycles. The average molecular weight is 319 g/mol. The minimum absolute atomic E-state index is 0.00878. The van der Waals surface area contributed by atoms with Gasteiger partial charge in [0.15, 0.2) is 0 Å². The number of piperidine rings is 1. The number of hydrogen-bond donors (Lipinski definition) is 0. The lowest BCUT2D eigenvalue weighted by atomic mass is 9.96. The molecule has 3 heterocycles. The SMILES string of the molecule is Cc1nc(C)n(CC2CCCN(C(C)C(=O)N3CCCC3)C2)n1. The van der Waals surface area contributed by atoms with Gasteiger partial charge in [0.25, 0.3) is 0 Å². The van der Waals surface area contributed by atoms with Gasteiger partial charge >= 0.3 is 0 Å². The summed E-state index contributed by atoms with van der Waals surface area (Å²) in [4.78, 5) is 21.4. The third kappa shape index (κ3) is 3.74. The number of nitrogens with zero attached hydrogens (tertiary/aromatic N) is 5. The van der Waals surface area contributed by atoms with Crippen molar-refractivity contribution in [2.24, 2.45) is 5.92 Å². The molecule has 2 atom stereocenters. The molecule has 23 heavy (non-hydrogen) atoms. The Labute approximate surface area is 138 Å². The molecule has 0 aromatic carbocycles. The van der Waals surface area contributed by atoms with Gasteiger partial charge in [0.2, 0.25) is 5.91 Å². The highest BCUT2D eigenvalue weighted by Crippen LogP contribution is 2.22. The summed E-state index contributed by atoms with van der Waals surface area (Å²) >= 11 is 0. The maximum atomic E-state index is 12.6. The van der Waals surface area contributed by atoms with Crippen LogP contribution in [-0.4, -0.2) is 62.7 Å². The number of hydrogen-bond acceptors (Lipinski definition) is 4. The highest BCUT2D eigenvalue weighted by molar-refractivity contribution is 5.81. The van der Waals surface area contributed by atoms with Crippen molar-refractivity contribution < 1.29 is 4.79 Å². The van der Waals surface area contributed by atoms with Crippen molar-refractivity contribution in [3.05, 3.63) is 11.6 Å². The Morgan fingerprint density at radius 2 is 1.96 bits per heavy atom. The summed E-state index contributed by atoms with van der Waals surface area (Å²) in [5.74, 6) is 2.70. The summed E-state index contributed by atoms with van der Waals surface area (Å²) in [7, 11) is 0. The van der Waals surface area contributed by atoms with Gasteiger partial charge in [0.1, 0.15) is 11.6 Å². The number of likely N-dealkylation sites (tertiary alicyclic amines) is 2. The predicted molar refractivity (Wildman–Crippen MR) is 89.1 cm³/mol.